The van der Waals surface area contributed by atoms with Gasteiger partial charge in [-0.3, -0.25) is 9.59 Å². The second-order valence-electron chi connectivity index (χ2n) is 6.32. The molecule has 0 bridgehead atoms. The van der Waals surface area contributed by atoms with Gasteiger partial charge in [0.15, 0.2) is 0 Å². The normalized spacial score (nSPS) is 12.0. The van der Waals surface area contributed by atoms with Gasteiger partial charge in [-0.15, -0.1) is 0 Å². The van der Waals surface area contributed by atoms with Crippen LogP contribution in [-0.2, 0) is 9.59 Å². The summed E-state index contributed by atoms with van der Waals surface area (Å²) < 4.78 is 0. The first-order valence-electron chi connectivity index (χ1n) is 6.91. The molecule has 1 amide bonds. The number of rotatable bonds is 6. The van der Waals surface area contributed by atoms with E-state index in [1.165, 1.54) is 0 Å². The Morgan fingerprint density at radius 2 is 1.62 bits per heavy atom. The van der Waals surface area contributed by atoms with Crippen molar-refractivity contribution in [3.63, 3.8) is 0 Å². The summed E-state index contributed by atoms with van der Waals surface area (Å²) in [5.74, 6) is -1.10. The average molecular weight is 292 g/mol. The molecule has 0 heterocycles. The van der Waals surface area contributed by atoms with Gasteiger partial charge in [-0.25, -0.2) is 0 Å². The molecule has 0 aromatic heterocycles. The number of hydrogen-bond donors (Lipinski definition) is 3. The lowest BCUT2D eigenvalue weighted by Crippen LogP contribution is -2.56. The van der Waals surface area contributed by atoms with Crippen molar-refractivity contribution in [3.05, 3.63) is 29.8 Å². The first-order chi connectivity index (χ1) is 9.56. The molecule has 3 N–H and O–H groups in total. The van der Waals surface area contributed by atoms with Gasteiger partial charge in [-0.05, 0) is 46.8 Å². The van der Waals surface area contributed by atoms with Crippen LogP contribution in [0.1, 0.15) is 33.3 Å². The maximum Gasteiger partial charge on any atom is 0.310 e. The van der Waals surface area contributed by atoms with Crippen molar-refractivity contribution < 1.29 is 14.7 Å². The fourth-order valence-corrected chi connectivity index (χ4v) is 1.63. The molecule has 5 heteroatoms. The first-order valence-corrected chi connectivity index (χ1v) is 6.91. The molecule has 0 aliphatic rings. The molecule has 0 unspecified atom stereocenters. The highest BCUT2D eigenvalue weighted by molar-refractivity contribution is 5.92. The topological polar surface area (TPSA) is 78.4 Å². The fourth-order valence-electron chi connectivity index (χ4n) is 1.63. The fraction of sp³-hybridized carbons (Fsp3) is 0.500. The van der Waals surface area contributed by atoms with Gasteiger partial charge in [-0.1, -0.05) is 17.7 Å². The molecule has 0 aliphatic heterocycles. The maximum atomic E-state index is 11.9. The average Bonchev–Trinajstić information content (AvgIpc) is 2.39. The number of amides is 1. The third kappa shape index (κ3) is 4.29. The molecule has 1 rings (SSSR count). The van der Waals surface area contributed by atoms with E-state index in [0.29, 0.717) is 0 Å². The number of carbonyl (C=O) groups is 2. The summed E-state index contributed by atoms with van der Waals surface area (Å²) in [6, 6.07) is 7.50. The highest BCUT2D eigenvalue weighted by Crippen LogP contribution is 2.30. The molecule has 0 saturated heterocycles. The number of hydrogen-bond acceptors (Lipinski definition) is 3. The van der Waals surface area contributed by atoms with E-state index in [4.69, 9.17) is 0 Å². The van der Waals surface area contributed by atoms with Gasteiger partial charge < -0.3 is 15.7 Å². The van der Waals surface area contributed by atoms with E-state index in [2.05, 4.69) is 10.6 Å². The number of carbonyl (C=O) groups excluding carboxylic acids is 1. The zero-order valence-electron chi connectivity index (χ0n) is 13.3. The van der Waals surface area contributed by atoms with E-state index in [-0.39, 0.29) is 12.5 Å². The van der Waals surface area contributed by atoms with Crippen LogP contribution in [0.25, 0.3) is 0 Å². The van der Waals surface area contributed by atoms with Crippen LogP contribution in [0.3, 0.4) is 0 Å². The SMILES string of the molecule is Cc1ccc(NC(=O)CNC(C)(C)C(C)(C)C(=O)O)cc1. The zero-order valence-corrected chi connectivity index (χ0v) is 13.3. The van der Waals surface area contributed by atoms with Crippen LogP contribution < -0.4 is 10.6 Å². The van der Waals surface area contributed by atoms with Gasteiger partial charge >= 0.3 is 5.97 Å². The van der Waals surface area contributed by atoms with Gasteiger partial charge in [0.05, 0.1) is 12.0 Å². The summed E-state index contributed by atoms with van der Waals surface area (Å²) in [5, 5.41) is 15.1. The Balaban J connectivity index is 2.60. The second-order valence-corrected chi connectivity index (χ2v) is 6.32. The summed E-state index contributed by atoms with van der Waals surface area (Å²) >= 11 is 0. The smallest absolute Gasteiger partial charge is 0.310 e. The number of aliphatic carboxylic acids is 1. The number of nitrogens with one attached hydrogen (secondary N) is 2. The monoisotopic (exact) mass is 292 g/mol. The van der Waals surface area contributed by atoms with Crippen molar-refractivity contribution in [2.24, 2.45) is 5.41 Å². The Labute approximate surface area is 125 Å². The van der Waals surface area contributed by atoms with Crippen molar-refractivity contribution in [1.82, 2.24) is 5.32 Å². The standard InChI is InChI=1S/C16H24N2O3/c1-11-6-8-12(9-7-11)18-13(19)10-17-16(4,5)15(2,3)14(20)21/h6-9,17H,10H2,1-5H3,(H,18,19)(H,20,21). The molecule has 0 fully saturated rings. The molecule has 116 valence electrons. The molecule has 0 radical (unpaired) electrons. The third-order valence-electron chi connectivity index (χ3n) is 4.12. The van der Waals surface area contributed by atoms with Crippen LogP contribution in [0.5, 0.6) is 0 Å². The van der Waals surface area contributed by atoms with E-state index in [0.717, 1.165) is 11.3 Å². The number of anilines is 1. The van der Waals surface area contributed by atoms with E-state index in [1.54, 1.807) is 27.7 Å². The van der Waals surface area contributed by atoms with Crippen molar-refractivity contribution in [2.75, 3.05) is 11.9 Å². The molecular formula is C16H24N2O3. The van der Waals surface area contributed by atoms with Crippen LogP contribution in [0.4, 0.5) is 5.69 Å². The lowest BCUT2D eigenvalue weighted by Gasteiger charge is -2.38. The number of carboxylic acid groups (broad SMARTS) is 1. The van der Waals surface area contributed by atoms with Gasteiger partial charge in [0.25, 0.3) is 0 Å². The molecule has 1 aromatic rings. The molecule has 0 saturated carbocycles. The second kappa shape index (κ2) is 6.26. The van der Waals surface area contributed by atoms with Gasteiger partial charge in [0.2, 0.25) is 5.91 Å². The Kier molecular flexibility index (Phi) is 5.12. The van der Waals surface area contributed by atoms with Crippen molar-refractivity contribution in [3.8, 4) is 0 Å². The molecule has 5 nitrogen and oxygen atoms in total. The summed E-state index contributed by atoms with van der Waals surface area (Å²) in [5.41, 5.74) is 0.138. The van der Waals surface area contributed by atoms with Gasteiger partial charge in [0, 0.05) is 11.2 Å². The zero-order chi connectivity index (χ0) is 16.3. The first kappa shape index (κ1) is 17.2. The number of benzene rings is 1. The maximum absolute atomic E-state index is 11.9. The van der Waals surface area contributed by atoms with Gasteiger partial charge in [0.1, 0.15) is 0 Å². The molecule has 21 heavy (non-hydrogen) atoms. The number of aryl methyl sites for hydroxylation is 1. The minimum absolute atomic E-state index is 0.0532. The van der Waals surface area contributed by atoms with Crippen LogP contribution in [0, 0.1) is 12.3 Å². The van der Waals surface area contributed by atoms with Crippen molar-refractivity contribution in [1.29, 1.82) is 0 Å². The van der Waals surface area contributed by atoms with Crippen LogP contribution >= 0.6 is 0 Å². The van der Waals surface area contributed by atoms with Crippen molar-refractivity contribution in [2.45, 2.75) is 40.2 Å². The Morgan fingerprint density at radius 1 is 1.10 bits per heavy atom. The highest BCUT2D eigenvalue weighted by atomic mass is 16.4. The minimum Gasteiger partial charge on any atom is -0.481 e. The lowest BCUT2D eigenvalue weighted by molar-refractivity contribution is -0.151. The minimum atomic E-state index is -0.989. The third-order valence-corrected chi connectivity index (χ3v) is 4.12. The van der Waals surface area contributed by atoms with Crippen LogP contribution in [0.15, 0.2) is 24.3 Å². The Bertz CT molecular complexity index is 519. The molecule has 0 spiro atoms. The Hall–Kier alpha value is -1.88. The molecule has 0 atom stereocenters. The lowest BCUT2D eigenvalue weighted by atomic mass is 9.74. The largest absolute Gasteiger partial charge is 0.481 e. The Morgan fingerprint density at radius 3 is 2.10 bits per heavy atom. The van der Waals surface area contributed by atoms with Crippen LogP contribution in [-0.4, -0.2) is 29.1 Å². The quantitative estimate of drug-likeness (QED) is 0.752. The van der Waals surface area contributed by atoms with E-state index < -0.39 is 16.9 Å². The van der Waals surface area contributed by atoms with Crippen molar-refractivity contribution >= 4 is 17.6 Å². The predicted molar refractivity (Wildman–Crippen MR) is 83.3 cm³/mol. The summed E-state index contributed by atoms with van der Waals surface area (Å²) in [4.78, 5) is 23.2. The van der Waals surface area contributed by atoms with E-state index in [1.807, 2.05) is 31.2 Å². The van der Waals surface area contributed by atoms with Gasteiger partial charge in [-0.2, -0.15) is 0 Å². The summed E-state index contributed by atoms with van der Waals surface area (Å²) in [7, 11) is 0. The highest BCUT2D eigenvalue weighted by Gasteiger charge is 2.43. The van der Waals surface area contributed by atoms with E-state index >= 15 is 0 Å². The molecular weight excluding hydrogens is 268 g/mol. The number of carboxylic acids is 1. The summed E-state index contributed by atoms with van der Waals surface area (Å²) in [6.45, 7) is 8.86. The van der Waals surface area contributed by atoms with E-state index in [9.17, 15) is 14.7 Å². The predicted octanol–water partition coefficient (Wildman–Crippen LogP) is 2.41. The van der Waals surface area contributed by atoms with Crippen LogP contribution in [0.2, 0.25) is 0 Å². The summed E-state index contributed by atoms with van der Waals surface area (Å²) in [6.07, 6.45) is 0. The molecule has 1 aromatic carbocycles. The molecule has 0 aliphatic carbocycles.